The lowest BCUT2D eigenvalue weighted by Gasteiger charge is -2.12. The van der Waals surface area contributed by atoms with E-state index in [1.165, 1.54) is 12.8 Å². The summed E-state index contributed by atoms with van der Waals surface area (Å²) in [5.41, 5.74) is 0. The van der Waals surface area contributed by atoms with Crippen molar-refractivity contribution >= 4 is 0 Å². The van der Waals surface area contributed by atoms with Crippen LogP contribution >= 0.6 is 0 Å². The van der Waals surface area contributed by atoms with Gasteiger partial charge < -0.3 is 10.1 Å². The number of nitrogens with one attached hydrogen (secondary N) is 1. The third-order valence-electron chi connectivity index (χ3n) is 2.58. The van der Waals surface area contributed by atoms with E-state index in [0.717, 1.165) is 12.5 Å². The first kappa shape index (κ1) is 12.8. The predicted octanol–water partition coefficient (Wildman–Crippen LogP) is 2.20. The molecule has 0 heterocycles. The maximum Gasteiger partial charge on any atom is 0.411 e. The van der Waals surface area contributed by atoms with Gasteiger partial charge in [-0.2, -0.15) is 13.2 Å². The summed E-state index contributed by atoms with van der Waals surface area (Å²) in [6.07, 6.45) is -1.61. The Morgan fingerprint density at radius 2 is 2.07 bits per heavy atom. The summed E-state index contributed by atoms with van der Waals surface area (Å²) >= 11 is 0. The molecule has 0 aliphatic heterocycles. The third-order valence-corrected chi connectivity index (χ3v) is 2.58. The van der Waals surface area contributed by atoms with Crippen molar-refractivity contribution in [3.8, 4) is 0 Å². The molecule has 1 N–H and O–H groups in total. The minimum Gasteiger partial charge on any atom is -0.371 e. The van der Waals surface area contributed by atoms with E-state index in [9.17, 15) is 13.2 Å². The molecule has 0 saturated heterocycles. The van der Waals surface area contributed by atoms with E-state index in [1.807, 2.05) is 0 Å². The molecular weight excluding hydrogens is 207 g/mol. The van der Waals surface area contributed by atoms with Gasteiger partial charge in [0.2, 0.25) is 0 Å². The Labute approximate surface area is 88.2 Å². The highest BCUT2D eigenvalue weighted by Gasteiger charge is 2.28. The van der Waals surface area contributed by atoms with E-state index in [0.29, 0.717) is 12.5 Å². The highest BCUT2D eigenvalue weighted by molar-refractivity contribution is 4.79. The Balaban J connectivity index is 1.84. The molecule has 2 nitrogen and oxygen atoms in total. The molecule has 0 aromatic rings. The van der Waals surface area contributed by atoms with E-state index in [4.69, 9.17) is 0 Å². The summed E-state index contributed by atoms with van der Waals surface area (Å²) in [6.45, 7) is 2.51. The summed E-state index contributed by atoms with van der Waals surface area (Å²) in [7, 11) is 0. The molecule has 0 bridgehead atoms. The van der Waals surface area contributed by atoms with Crippen molar-refractivity contribution in [3.05, 3.63) is 0 Å². The second-order valence-electron chi connectivity index (χ2n) is 4.19. The van der Waals surface area contributed by atoms with Crippen molar-refractivity contribution in [3.63, 3.8) is 0 Å². The number of hydrogen-bond acceptors (Lipinski definition) is 2. The molecule has 5 heteroatoms. The standard InChI is InChI=1S/C10H18F3NO/c1-8(9-2-3-9)6-14-4-5-15-7-10(11,12)13/h8-9,14H,2-7H2,1H3. The van der Waals surface area contributed by atoms with E-state index >= 15 is 0 Å². The summed E-state index contributed by atoms with van der Waals surface area (Å²) in [5, 5.41) is 3.10. The Bertz CT molecular complexity index is 180. The van der Waals surface area contributed by atoms with Gasteiger partial charge in [0.25, 0.3) is 0 Å². The van der Waals surface area contributed by atoms with Crippen LogP contribution in [0.2, 0.25) is 0 Å². The average molecular weight is 225 g/mol. The molecule has 1 rings (SSSR count). The number of alkyl halides is 3. The zero-order valence-electron chi connectivity index (χ0n) is 8.94. The molecule has 15 heavy (non-hydrogen) atoms. The van der Waals surface area contributed by atoms with Gasteiger partial charge in [0, 0.05) is 6.54 Å². The molecule has 1 atom stereocenters. The van der Waals surface area contributed by atoms with Crippen LogP contribution in [0.4, 0.5) is 13.2 Å². The largest absolute Gasteiger partial charge is 0.411 e. The van der Waals surface area contributed by atoms with Crippen LogP contribution in [0.3, 0.4) is 0 Å². The van der Waals surface area contributed by atoms with Crippen molar-refractivity contribution in [2.45, 2.75) is 25.9 Å². The second kappa shape index (κ2) is 5.70. The van der Waals surface area contributed by atoms with Gasteiger partial charge in [-0.1, -0.05) is 6.92 Å². The first-order chi connectivity index (χ1) is 6.99. The summed E-state index contributed by atoms with van der Waals surface area (Å²) < 4.78 is 39.5. The predicted molar refractivity (Wildman–Crippen MR) is 51.6 cm³/mol. The van der Waals surface area contributed by atoms with Crippen LogP contribution in [0.5, 0.6) is 0 Å². The summed E-state index contributed by atoms with van der Waals surface area (Å²) in [6, 6.07) is 0. The molecule has 1 fully saturated rings. The van der Waals surface area contributed by atoms with Gasteiger partial charge in [0.1, 0.15) is 6.61 Å². The number of ether oxygens (including phenoxy) is 1. The highest BCUT2D eigenvalue weighted by atomic mass is 19.4. The molecule has 0 amide bonds. The number of halogens is 3. The van der Waals surface area contributed by atoms with Crippen molar-refractivity contribution in [1.82, 2.24) is 5.32 Å². The van der Waals surface area contributed by atoms with E-state index in [1.54, 1.807) is 0 Å². The second-order valence-corrected chi connectivity index (χ2v) is 4.19. The van der Waals surface area contributed by atoms with Gasteiger partial charge in [-0.25, -0.2) is 0 Å². The van der Waals surface area contributed by atoms with Crippen molar-refractivity contribution in [2.24, 2.45) is 11.8 Å². The van der Waals surface area contributed by atoms with Crippen LogP contribution < -0.4 is 5.32 Å². The smallest absolute Gasteiger partial charge is 0.371 e. The average Bonchev–Trinajstić information content (AvgIpc) is 2.91. The maximum absolute atomic E-state index is 11.7. The Hall–Kier alpha value is -0.290. The van der Waals surface area contributed by atoms with Crippen LogP contribution in [0.1, 0.15) is 19.8 Å². The van der Waals surface area contributed by atoms with Gasteiger partial charge in [0.05, 0.1) is 6.61 Å². The SMILES string of the molecule is CC(CNCCOCC(F)(F)F)C1CC1. The molecule has 1 saturated carbocycles. The van der Waals surface area contributed by atoms with Crippen LogP contribution in [-0.4, -0.2) is 32.5 Å². The van der Waals surface area contributed by atoms with E-state index in [-0.39, 0.29) is 6.61 Å². The molecular formula is C10H18F3NO. The van der Waals surface area contributed by atoms with Crippen molar-refractivity contribution in [2.75, 3.05) is 26.3 Å². The molecule has 1 aliphatic rings. The number of rotatable bonds is 7. The highest BCUT2D eigenvalue weighted by Crippen LogP contribution is 2.35. The molecule has 1 unspecified atom stereocenters. The minimum absolute atomic E-state index is 0.122. The monoisotopic (exact) mass is 225 g/mol. The topological polar surface area (TPSA) is 21.3 Å². The van der Waals surface area contributed by atoms with E-state index in [2.05, 4.69) is 17.0 Å². The van der Waals surface area contributed by atoms with Gasteiger partial charge in [-0.3, -0.25) is 0 Å². The van der Waals surface area contributed by atoms with Crippen LogP contribution in [0.15, 0.2) is 0 Å². The fourth-order valence-corrected chi connectivity index (χ4v) is 1.49. The van der Waals surface area contributed by atoms with Gasteiger partial charge in [0.15, 0.2) is 0 Å². The minimum atomic E-state index is -4.21. The Morgan fingerprint density at radius 3 is 2.60 bits per heavy atom. The van der Waals surface area contributed by atoms with Crippen molar-refractivity contribution < 1.29 is 17.9 Å². The van der Waals surface area contributed by atoms with Gasteiger partial charge >= 0.3 is 6.18 Å². The van der Waals surface area contributed by atoms with Gasteiger partial charge in [-0.15, -0.1) is 0 Å². The van der Waals surface area contributed by atoms with Crippen LogP contribution in [-0.2, 0) is 4.74 Å². The zero-order valence-corrected chi connectivity index (χ0v) is 8.94. The molecule has 90 valence electrons. The fourth-order valence-electron chi connectivity index (χ4n) is 1.49. The lowest BCUT2D eigenvalue weighted by atomic mass is 10.1. The molecule has 0 spiro atoms. The summed E-state index contributed by atoms with van der Waals surface area (Å²) in [4.78, 5) is 0. The maximum atomic E-state index is 11.7. The quantitative estimate of drug-likeness (QED) is 0.671. The molecule has 0 aromatic heterocycles. The Morgan fingerprint density at radius 1 is 1.40 bits per heavy atom. The molecule has 0 aromatic carbocycles. The van der Waals surface area contributed by atoms with E-state index < -0.39 is 12.8 Å². The Kier molecular flexibility index (Phi) is 4.86. The summed E-state index contributed by atoms with van der Waals surface area (Å²) in [5.74, 6) is 1.46. The first-order valence-electron chi connectivity index (χ1n) is 5.34. The van der Waals surface area contributed by atoms with Crippen LogP contribution in [0, 0.1) is 11.8 Å². The first-order valence-corrected chi connectivity index (χ1v) is 5.34. The zero-order chi connectivity index (χ0) is 11.3. The lowest BCUT2D eigenvalue weighted by Crippen LogP contribution is -2.27. The fraction of sp³-hybridized carbons (Fsp3) is 1.00. The lowest BCUT2D eigenvalue weighted by molar-refractivity contribution is -0.173. The third kappa shape index (κ3) is 6.73. The number of hydrogen-bond donors (Lipinski definition) is 1. The molecule has 1 aliphatic carbocycles. The van der Waals surface area contributed by atoms with Gasteiger partial charge in [-0.05, 0) is 31.2 Å². The van der Waals surface area contributed by atoms with Crippen molar-refractivity contribution in [1.29, 1.82) is 0 Å². The normalized spacial score (nSPS) is 19.2. The van der Waals surface area contributed by atoms with Crippen LogP contribution in [0.25, 0.3) is 0 Å². The molecule has 0 radical (unpaired) electrons.